The van der Waals surface area contributed by atoms with E-state index >= 15 is 0 Å². The van der Waals surface area contributed by atoms with Crippen LogP contribution in [0.5, 0.6) is 11.5 Å². The van der Waals surface area contributed by atoms with Crippen molar-refractivity contribution in [3.05, 3.63) is 88.8 Å². The Bertz CT molecular complexity index is 1460. The van der Waals surface area contributed by atoms with Gasteiger partial charge in [0, 0.05) is 29.9 Å². The molecule has 0 aliphatic heterocycles. The number of nitrogens with zero attached hydrogens (tertiary/aromatic N) is 3. The van der Waals surface area contributed by atoms with Crippen molar-refractivity contribution < 1.29 is 19.4 Å². The maximum absolute atomic E-state index is 13.1. The Hall–Kier alpha value is -4.37. The number of halogens is 1. The Morgan fingerprint density at radius 1 is 1.14 bits per heavy atom. The second-order valence-electron chi connectivity index (χ2n) is 8.68. The van der Waals surface area contributed by atoms with Crippen molar-refractivity contribution in [1.82, 2.24) is 20.1 Å². The summed E-state index contributed by atoms with van der Waals surface area (Å²) in [7, 11) is 1.60. The van der Waals surface area contributed by atoms with E-state index in [0.29, 0.717) is 23.5 Å². The highest BCUT2D eigenvalue weighted by molar-refractivity contribution is 6.33. The molecule has 188 valence electrons. The number of methoxy groups -OCH3 is 1. The molecule has 5 rings (SSSR count). The van der Waals surface area contributed by atoms with Gasteiger partial charge < -0.3 is 20.5 Å². The number of carbonyl (C=O) groups excluding carboxylic acids is 2. The zero-order chi connectivity index (χ0) is 25.9. The molecule has 2 aromatic carbocycles. The minimum absolute atomic E-state index is 0.0250. The first-order valence-electron chi connectivity index (χ1n) is 11.7. The van der Waals surface area contributed by atoms with Crippen LogP contribution in [0.1, 0.15) is 40.4 Å². The van der Waals surface area contributed by atoms with Gasteiger partial charge in [-0.1, -0.05) is 23.7 Å². The summed E-state index contributed by atoms with van der Waals surface area (Å²) in [6.07, 6.45) is 3.42. The standard InChI is InChI=1S/C27H24ClN5O4/c1-37-19-9-4-16(5-10-19)15-30-27(36)33-23(17-6-7-17)14-22(32-33)21-13-18(8-11-24(21)34)31-26(35)20-3-2-12-29-25(20)28/h2-5,8-14,17,34H,6-7,15H2,1H3,(H,30,36)(H,31,35). The van der Waals surface area contributed by atoms with E-state index in [-0.39, 0.29) is 28.4 Å². The van der Waals surface area contributed by atoms with Gasteiger partial charge in [0.1, 0.15) is 16.7 Å². The number of carbonyl (C=O) groups is 2. The monoisotopic (exact) mass is 517 g/mol. The van der Waals surface area contributed by atoms with Crippen molar-refractivity contribution in [1.29, 1.82) is 0 Å². The van der Waals surface area contributed by atoms with Crippen molar-refractivity contribution in [2.45, 2.75) is 25.3 Å². The van der Waals surface area contributed by atoms with Crippen LogP contribution in [0.4, 0.5) is 10.5 Å². The Labute approximate surface area is 218 Å². The zero-order valence-electron chi connectivity index (χ0n) is 19.9. The number of hydrogen-bond donors (Lipinski definition) is 3. The van der Waals surface area contributed by atoms with Crippen LogP contribution in [-0.2, 0) is 6.54 Å². The average molecular weight is 518 g/mol. The van der Waals surface area contributed by atoms with Crippen molar-refractivity contribution >= 4 is 29.2 Å². The molecule has 2 aromatic heterocycles. The molecule has 1 saturated carbocycles. The molecule has 2 heterocycles. The second-order valence-corrected chi connectivity index (χ2v) is 9.03. The zero-order valence-corrected chi connectivity index (χ0v) is 20.7. The van der Waals surface area contributed by atoms with Crippen molar-refractivity contribution in [3.63, 3.8) is 0 Å². The summed E-state index contributed by atoms with van der Waals surface area (Å²) in [6.45, 7) is 0.325. The van der Waals surface area contributed by atoms with Gasteiger partial charge in [-0.15, -0.1) is 0 Å². The first kappa shape index (κ1) is 24.3. The Balaban J connectivity index is 1.37. The Kier molecular flexibility index (Phi) is 6.78. The third-order valence-corrected chi connectivity index (χ3v) is 6.36. The maximum atomic E-state index is 13.1. The van der Waals surface area contributed by atoms with Gasteiger partial charge in [0.15, 0.2) is 0 Å². The highest BCUT2D eigenvalue weighted by Crippen LogP contribution is 2.42. The maximum Gasteiger partial charge on any atom is 0.342 e. The van der Waals surface area contributed by atoms with Crippen LogP contribution in [0.25, 0.3) is 11.3 Å². The summed E-state index contributed by atoms with van der Waals surface area (Å²) in [5.74, 6) is 0.509. The molecule has 0 atom stereocenters. The van der Waals surface area contributed by atoms with E-state index in [4.69, 9.17) is 16.3 Å². The number of phenols is 1. The van der Waals surface area contributed by atoms with Crippen LogP contribution in [0.2, 0.25) is 5.15 Å². The molecule has 3 N–H and O–H groups in total. The first-order valence-corrected chi connectivity index (χ1v) is 12.1. The minimum Gasteiger partial charge on any atom is -0.507 e. The van der Waals surface area contributed by atoms with Gasteiger partial charge in [-0.2, -0.15) is 9.78 Å². The van der Waals surface area contributed by atoms with Gasteiger partial charge in [-0.25, -0.2) is 9.78 Å². The number of phenolic OH excluding ortho intramolecular Hbond substituents is 1. The quantitative estimate of drug-likeness (QED) is 0.229. The van der Waals surface area contributed by atoms with Gasteiger partial charge in [-0.05, 0) is 66.9 Å². The van der Waals surface area contributed by atoms with Crippen molar-refractivity contribution in [2.24, 2.45) is 0 Å². The lowest BCUT2D eigenvalue weighted by molar-refractivity contribution is 0.102. The van der Waals surface area contributed by atoms with Crippen LogP contribution >= 0.6 is 11.6 Å². The molecular formula is C27H24ClN5O4. The van der Waals surface area contributed by atoms with E-state index in [1.807, 2.05) is 30.3 Å². The van der Waals surface area contributed by atoms with E-state index in [0.717, 1.165) is 29.8 Å². The molecule has 1 aliphatic rings. The lowest BCUT2D eigenvalue weighted by Gasteiger charge is -2.09. The first-order chi connectivity index (χ1) is 17.9. The molecule has 2 amide bonds. The van der Waals surface area contributed by atoms with E-state index in [9.17, 15) is 14.7 Å². The van der Waals surface area contributed by atoms with Gasteiger partial charge >= 0.3 is 6.03 Å². The third kappa shape index (κ3) is 5.41. The average Bonchev–Trinajstić information content (AvgIpc) is 3.67. The number of anilines is 1. The van der Waals surface area contributed by atoms with Gasteiger partial charge in [-0.3, -0.25) is 4.79 Å². The molecule has 1 aliphatic carbocycles. The summed E-state index contributed by atoms with van der Waals surface area (Å²) in [6, 6.07) is 16.7. The van der Waals surface area contributed by atoms with Gasteiger partial charge in [0.2, 0.25) is 0 Å². The SMILES string of the molecule is COc1ccc(CNC(=O)n2nc(-c3cc(NC(=O)c4cccnc4Cl)ccc3O)cc2C2CC2)cc1. The summed E-state index contributed by atoms with van der Waals surface area (Å²) in [4.78, 5) is 29.6. The van der Waals surface area contributed by atoms with E-state index < -0.39 is 5.91 Å². The van der Waals surface area contributed by atoms with Crippen molar-refractivity contribution in [3.8, 4) is 22.8 Å². The number of rotatable bonds is 7. The normalized spacial score (nSPS) is 12.7. The molecule has 0 unspecified atom stereocenters. The number of aromatic nitrogens is 3. The van der Waals surface area contributed by atoms with Gasteiger partial charge in [0.25, 0.3) is 5.91 Å². The van der Waals surface area contributed by atoms with E-state index in [1.54, 1.807) is 31.4 Å². The molecule has 1 fully saturated rings. The number of nitrogens with one attached hydrogen (secondary N) is 2. The fourth-order valence-electron chi connectivity index (χ4n) is 3.93. The molecule has 9 nitrogen and oxygen atoms in total. The summed E-state index contributed by atoms with van der Waals surface area (Å²) in [5.41, 5.74) is 3.17. The molecular weight excluding hydrogens is 494 g/mol. The molecule has 0 bridgehead atoms. The molecule has 10 heteroatoms. The molecule has 4 aromatic rings. The van der Waals surface area contributed by atoms with E-state index in [1.165, 1.54) is 16.9 Å². The van der Waals surface area contributed by atoms with Gasteiger partial charge in [0.05, 0.1) is 24.1 Å². The third-order valence-electron chi connectivity index (χ3n) is 6.06. The molecule has 0 radical (unpaired) electrons. The van der Waals surface area contributed by atoms with Crippen LogP contribution in [0.15, 0.2) is 66.9 Å². The smallest absolute Gasteiger partial charge is 0.342 e. The van der Waals surface area contributed by atoms with Crippen LogP contribution in [0.3, 0.4) is 0 Å². The molecule has 0 spiro atoms. The van der Waals surface area contributed by atoms with Crippen LogP contribution < -0.4 is 15.4 Å². The second kappa shape index (κ2) is 10.3. The van der Waals surface area contributed by atoms with E-state index in [2.05, 4.69) is 20.7 Å². The predicted octanol–water partition coefficient (Wildman–Crippen LogP) is 5.20. The number of aromatic hydroxyl groups is 1. The Morgan fingerprint density at radius 3 is 2.62 bits per heavy atom. The van der Waals surface area contributed by atoms with Crippen LogP contribution in [0, 0.1) is 0 Å². The summed E-state index contributed by atoms with van der Waals surface area (Å²) in [5, 5.41) is 20.8. The minimum atomic E-state index is -0.433. The fraction of sp³-hybridized carbons (Fsp3) is 0.185. The fourth-order valence-corrected chi connectivity index (χ4v) is 4.13. The number of pyridine rings is 1. The molecule has 0 saturated heterocycles. The predicted molar refractivity (Wildman–Crippen MR) is 139 cm³/mol. The number of benzene rings is 2. The highest BCUT2D eigenvalue weighted by atomic mass is 35.5. The number of amides is 2. The highest BCUT2D eigenvalue weighted by Gasteiger charge is 2.31. The molecule has 37 heavy (non-hydrogen) atoms. The number of hydrogen-bond acceptors (Lipinski definition) is 6. The summed E-state index contributed by atoms with van der Waals surface area (Å²) >= 11 is 6.03. The largest absolute Gasteiger partial charge is 0.507 e. The topological polar surface area (TPSA) is 118 Å². The Morgan fingerprint density at radius 2 is 1.92 bits per heavy atom. The number of ether oxygens (including phenoxy) is 1. The summed E-state index contributed by atoms with van der Waals surface area (Å²) < 4.78 is 6.53. The lowest BCUT2D eigenvalue weighted by atomic mass is 10.1. The van der Waals surface area contributed by atoms with Crippen molar-refractivity contribution in [2.75, 3.05) is 12.4 Å². The van der Waals surface area contributed by atoms with Crippen LogP contribution in [-0.4, -0.2) is 38.9 Å². The lowest BCUT2D eigenvalue weighted by Crippen LogP contribution is -2.30.